The lowest BCUT2D eigenvalue weighted by molar-refractivity contribution is 0.222. The zero-order valence-electron chi connectivity index (χ0n) is 13.6. The molecule has 1 saturated carbocycles. The van der Waals surface area contributed by atoms with E-state index in [0.717, 1.165) is 19.3 Å². The Bertz CT molecular complexity index is 551. The predicted octanol–water partition coefficient (Wildman–Crippen LogP) is 2.51. The van der Waals surface area contributed by atoms with Gasteiger partial charge in [0.2, 0.25) is 5.56 Å². The summed E-state index contributed by atoms with van der Waals surface area (Å²) in [6.45, 7) is 5.75. The fourth-order valence-corrected chi connectivity index (χ4v) is 3.06. The highest BCUT2D eigenvalue weighted by Crippen LogP contribution is 2.36. The third-order valence-electron chi connectivity index (χ3n) is 4.57. The van der Waals surface area contributed by atoms with Gasteiger partial charge in [-0.15, -0.1) is 0 Å². The monoisotopic (exact) mass is 305 g/mol. The van der Waals surface area contributed by atoms with Crippen LogP contribution in [0.4, 0.5) is 4.79 Å². The van der Waals surface area contributed by atoms with Gasteiger partial charge in [0.05, 0.1) is 0 Å². The largest absolute Gasteiger partial charge is 0.338 e. The van der Waals surface area contributed by atoms with Gasteiger partial charge in [0.15, 0.2) is 0 Å². The molecule has 1 aromatic rings. The van der Waals surface area contributed by atoms with Crippen molar-refractivity contribution in [1.82, 2.24) is 15.2 Å². The summed E-state index contributed by atoms with van der Waals surface area (Å²) in [5.74, 6) is 0. The number of aromatic nitrogens is 1. The number of amides is 2. The molecule has 2 rings (SSSR count). The zero-order valence-corrected chi connectivity index (χ0v) is 13.6. The Hall–Kier alpha value is -1.78. The number of rotatable bonds is 6. The molecule has 0 radical (unpaired) electrons. The van der Waals surface area contributed by atoms with Crippen molar-refractivity contribution in [3.05, 3.63) is 34.7 Å². The number of urea groups is 1. The van der Waals surface area contributed by atoms with Crippen molar-refractivity contribution in [3.63, 3.8) is 0 Å². The summed E-state index contributed by atoms with van der Waals surface area (Å²) in [7, 11) is 0. The van der Waals surface area contributed by atoms with Crippen molar-refractivity contribution in [2.75, 3.05) is 6.54 Å². The van der Waals surface area contributed by atoms with Gasteiger partial charge in [0.25, 0.3) is 0 Å². The molecule has 0 unspecified atom stereocenters. The second-order valence-corrected chi connectivity index (χ2v) is 6.77. The lowest BCUT2D eigenvalue weighted by Gasteiger charge is -2.27. The standard InChI is InChI=1S/C17H27N3O2/c1-17(2)10-7-8-14(17)19-16(22)18-11-4-6-13-20-12-5-3-9-15(20)21/h3,5,9,12,14H,4,6-8,10-11,13H2,1-2H3,(H2,18,19,22)/t14-/m1/s1. The lowest BCUT2D eigenvalue weighted by atomic mass is 9.87. The zero-order chi connectivity index (χ0) is 16.0. The summed E-state index contributed by atoms with van der Waals surface area (Å²) < 4.78 is 1.70. The van der Waals surface area contributed by atoms with Gasteiger partial charge >= 0.3 is 6.03 Å². The smallest absolute Gasteiger partial charge is 0.315 e. The van der Waals surface area contributed by atoms with E-state index >= 15 is 0 Å². The van der Waals surface area contributed by atoms with Crippen LogP contribution in [0.2, 0.25) is 0 Å². The Kier molecular flexibility index (Phi) is 5.63. The number of nitrogens with one attached hydrogen (secondary N) is 2. The molecule has 1 heterocycles. The molecule has 22 heavy (non-hydrogen) atoms. The number of hydrogen-bond acceptors (Lipinski definition) is 2. The van der Waals surface area contributed by atoms with Crippen LogP contribution in [0.25, 0.3) is 0 Å². The summed E-state index contributed by atoms with van der Waals surface area (Å²) in [5.41, 5.74) is 0.225. The van der Waals surface area contributed by atoms with Crippen molar-refractivity contribution in [2.24, 2.45) is 5.41 Å². The van der Waals surface area contributed by atoms with Crippen LogP contribution in [-0.2, 0) is 6.54 Å². The molecule has 5 heteroatoms. The number of nitrogens with zero attached hydrogens (tertiary/aromatic N) is 1. The molecule has 1 atom stereocenters. The Labute approximate surface area is 132 Å². The predicted molar refractivity (Wildman–Crippen MR) is 87.9 cm³/mol. The van der Waals surface area contributed by atoms with Crippen LogP contribution in [-0.4, -0.2) is 23.2 Å². The molecule has 1 fully saturated rings. The van der Waals surface area contributed by atoms with E-state index in [1.165, 1.54) is 12.8 Å². The van der Waals surface area contributed by atoms with Crippen LogP contribution in [0.1, 0.15) is 46.0 Å². The van der Waals surface area contributed by atoms with Crippen molar-refractivity contribution in [3.8, 4) is 0 Å². The molecule has 0 bridgehead atoms. The van der Waals surface area contributed by atoms with E-state index in [9.17, 15) is 9.59 Å². The second kappa shape index (κ2) is 7.47. The van der Waals surface area contributed by atoms with E-state index in [0.29, 0.717) is 13.1 Å². The summed E-state index contributed by atoms with van der Waals surface area (Å²) in [4.78, 5) is 23.4. The summed E-state index contributed by atoms with van der Waals surface area (Å²) >= 11 is 0. The molecule has 1 aromatic heterocycles. The second-order valence-electron chi connectivity index (χ2n) is 6.77. The summed E-state index contributed by atoms with van der Waals surface area (Å²) in [6.07, 6.45) is 6.96. The molecule has 0 aliphatic heterocycles. The third-order valence-corrected chi connectivity index (χ3v) is 4.57. The molecular weight excluding hydrogens is 278 g/mol. The van der Waals surface area contributed by atoms with Crippen LogP contribution >= 0.6 is 0 Å². The Morgan fingerprint density at radius 3 is 2.86 bits per heavy atom. The third kappa shape index (κ3) is 4.61. The van der Waals surface area contributed by atoms with E-state index in [4.69, 9.17) is 0 Å². The average Bonchev–Trinajstić information content (AvgIpc) is 2.79. The first-order valence-corrected chi connectivity index (χ1v) is 8.19. The molecule has 1 aliphatic rings. The van der Waals surface area contributed by atoms with Crippen LogP contribution in [0.15, 0.2) is 29.2 Å². The first kappa shape index (κ1) is 16.6. The number of aryl methyl sites for hydroxylation is 1. The Balaban J connectivity index is 1.62. The van der Waals surface area contributed by atoms with Crippen LogP contribution in [0, 0.1) is 5.41 Å². The molecule has 2 N–H and O–H groups in total. The molecule has 2 amide bonds. The lowest BCUT2D eigenvalue weighted by Crippen LogP contribution is -2.46. The van der Waals surface area contributed by atoms with Crippen LogP contribution in [0.3, 0.4) is 0 Å². The summed E-state index contributed by atoms with van der Waals surface area (Å²) in [6, 6.07) is 5.37. The van der Waals surface area contributed by atoms with E-state index in [-0.39, 0.29) is 23.0 Å². The van der Waals surface area contributed by atoms with Crippen LogP contribution in [0.5, 0.6) is 0 Å². The molecular formula is C17H27N3O2. The van der Waals surface area contributed by atoms with Crippen LogP contribution < -0.4 is 16.2 Å². The highest BCUT2D eigenvalue weighted by atomic mass is 16.2. The highest BCUT2D eigenvalue weighted by molar-refractivity contribution is 5.74. The SMILES string of the molecule is CC1(C)CCC[C@H]1NC(=O)NCCCCn1ccccc1=O. The maximum Gasteiger partial charge on any atom is 0.315 e. The normalized spacial score (nSPS) is 19.8. The van der Waals surface area contributed by atoms with Gasteiger partial charge in [0.1, 0.15) is 0 Å². The van der Waals surface area contributed by atoms with E-state index in [1.54, 1.807) is 22.9 Å². The molecule has 0 spiro atoms. The maximum absolute atomic E-state index is 11.9. The topological polar surface area (TPSA) is 63.1 Å². The minimum Gasteiger partial charge on any atom is -0.338 e. The number of carbonyl (C=O) groups is 1. The van der Waals surface area contributed by atoms with Gasteiger partial charge in [-0.1, -0.05) is 26.3 Å². The van der Waals surface area contributed by atoms with E-state index in [2.05, 4.69) is 24.5 Å². The minimum absolute atomic E-state index is 0.0247. The number of pyridine rings is 1. The van der Waals surface area contributed by atoms with Crippen molar-refractivity contribution in [2.45, 2.75) is 58.5 Å². The van der Waals surface area contributed by atoms with Gasteiger partial charge in [0, 0.05) is 31.4 Å². The first-order chi connectivity index (χ1) is 10.5. The fourth-order valence-electron chi connectivity index (χ4n) is 3.06. The van der Waals surface area contributed by atoms with Crippen molar-refractivity contribution in [1.29, 1.82) is 0 Å². The molecule has 0 saturated heterocycles. The quantitative estimate of drug-likeness (QED) is 0.793. The minimum atomic E-state index is -0.0724. The average molecular weight is 305 g/mol. The molecule has 122 valence electrons. The maximum atomic E-state index is 11.9. The molecule has 5 nitrogen and oxygen atoms in total. The van der Waals surface area contributed by atoms with Crippen molar-refractivity contribution >= 4 is 6.03 Å². The van der Waals surface area contributed by atoms with E-state index < -0.39 is 0 Å². The fraction of sp³-hybridized carbons (Fsp3) is 0.647. The van der Waals surface area contributed by atoms with Gasteiger partial charge in [-0.3, -0.25) is 4.79 Å². The highest BCUT2D eigenvalue weighted by Gasteiger charge is 2.35. The molecule has 1 aliphatic carbocycles. The Morgan fingerprint density at radius 2 is 2.18 bits per heavy atom. The van der Waals surface area contributed by atoms with Gasteiger partial charge in [-0.2, -0.15) is 0 Å². The van der Waals surface area contributed by atoms with Crippen molar-refractivity contribution < 1.29 is 4.79 Å². The van der Waals surface area contributed by atoms with E-state index in [1.807, 2.05) is 6.07 Å². The number of hydrogen-bond donors (Lipinski definition) is 2. The number of unbranched alkanes of at least 4 members (excludes halogenated alkanes) is 1. The first-order valence-electron chi connectivity index (χ1n) is 8.19. The van der Waals surface area contributed by atoms with Gasteiger partial charge < -0.3 is 15.2 Å². The van der Waals surface area contributed by atoms with Gasteiger partial charge in [-0.25, -0.2) is 4.79 Å². The van der Waals surface area contributed by atoms with Gasteiger partial charge in [-0.05, 0) is 37.2 Å². The number of carbonyl (C=O) groups excluding carboxylic acids is 1. The summed E-state index contributed by atoms with van der Waals surface area (Å²) in [5, 5.41) is 5.99. The molecule has 0 aromatic carbocycles. The Morgan fingerprint density at radius 1 is 1.36 bits per heavy atom.